The Morgan fingerprint density at radius 1 is 0.787 bits per heavy atom. The summed E-state index contributed by atoms with van der Waals surface area (Å²) in [7, 11) is -3.67. The molecule has 2 unspecified atom stereocenters. The van der Waals surface area contributed by atoms with E-state index in [-0.39, 0.29) is 83.6 Å². The number of hydrogen-bond acceptors (Lipinski definition) is 15. The van der Waals surface area contributed by atoms with E-state index in [1.807, 2.05) is 19.6 Å². The maximum absolute atomic E-state index is 12.7. The molecule has 0 spiro atoms. The van der Waals surface area contributed by atoms with Gasteiger partial charge in [0.1, 0.15) is 0 Å². The van der Waals surface area contributed by atoms with Crippen molar-refractivity contribution in [2.24, 2.45) is 0 Å². The van der Waals surface area contributed by atoms with E-state index in [1.165, 1.54) is 4.31 Å². The second-order valence-electron chi connectivity index (χ2n) is 12.2. The number of ether oxygens (including phenoxy) is 5. The second-order valence-corrected chi connectivity index (χ2v) is 14.2. The van der Waals surface area contributed by atoms with Gasteiger partial charge in [-0.15, -0.1) is 0 Å². The lowest BCUT2D eigenvalue weighted by Gasteiger charge is -2.34. The zero-order valence-electron chi connectivity index (χ0n) is 29.1. The lowest BCUT2D eigenvalue weighted by molar-refractivity contribution is -0.146. The van der Waals surface area contributed by atoms with Crippen molar-refractivity contribution in [3.63, 3.8) is 0 Å². The van der Waals surface area contributed by atoms with Crippen LogP contribution in [-0.4, -0.2) is 198 Å². The smallest absolute Gasteiger partial charge is 0.320 e. The Morgan fingerprint density at radius 3 is 1.49 bits per heavy atom. The number of esters is 3. The monoisotopic (exact) mass is 695 g/mol. The SMILES string of the molecule is CCOC(=O)CN1CCN(CC(=O)OCC)CCN(CC(O)CN(CC2COC(C)(C)O2)S(C)(=O)=O)CCN(CC(=O)OCC)CC1. The molecule has 47 heavy (non-hydrogen) atoms. The standard InChI is InChI=1S/C30H57N5O11S/c1-7-42-27(37)21-32-12-10-31(18-25(36)19-35(47(6,40)41)20-26-24-45-30(4,5)46-26)11-13-33(22-28(38)43-8-2)15-17-34(16-14-32)23-29(39)44-9-3/h25-26,36H,7-24H2,1-6H3. The number of nitrogens with zero attached hydrogens (tertiary/aromatic N) is 5. The second kappa shape index (κ2) is 20.5. The van der Waals surface area contributed by atoms with E-state index < -0.39 is 28.0 Å². The summed E-state index contributed by atoms with van der Waals surface area (Å²) in [5, 5.41) is 11.2. The third-order valence-corrected chi connectivity index (χ3v) is 8.97. The van der Waals surface area contributed by atoms with Gasteiger partial charge in [-0.3, -0.25) is 34.0 Å². The molecular weight excluding hydrogens is 638 g/mol. The molecule has 1 N–H and O–H groups in total. The normalized spacial score (nSPS) is 21.9. The summed E-state index contributed by atoms with van der Waals surface area (Å²) in [6.45, 7) is 13.6. The fourth-order valence-corrected chi connectivity index (χ4v) is 6.30. The van der Waals surface area contributed by atoms with Crippen LogP contribution < -0.4 is 0 Å². The predicted octanol–water partition coefficient (Wildman–Crippen LogP) is -1.33. The fourth-order valence-electron chi connectivity index (χ4n) is 5.42. The van der Waals surface area contributed by atoms with E-state index in [1.54, 1.807) is 34.6 Å². The van der Waals surface area contributed by atoms with Gasteiger partial charge < -0.3 is 28.8 Å². The van der Waals surface area contributed by atoms with Crippen molar-refractivity contribution in [1.29, 1.82) is 0 Å². The van der Waals surface area contributed by atoms with Crippen LogP contribution in [0, 0.1) is 0 Å². The van der Waals surface area contributed by atoms with Crippen molar-refractivity contribution in [3.8, 4) is 0 Å². The molecule has 274 valence electrons. The highest BCUT2D eigenvalue weighted by atomic mass is 32.2. The van der Waals surface area contributed by atoms with Crippen LogP contribution in [0.4, 0.5) is 0 Å². The summed E-state index contributed by atoms with van der Waals surface area (Å²) in [6, 6.07) is 0. The van der Waals surface area contributed by atoms with Crippen LogP contribution in [0.1, 0.15) is 34.6 Å². The van der Waals surface area contributed by atoms with Crippen molar-refractivity contribution < 1.29 is 51.6 Å². The number of carbonyl (C=O) groups excluding carboxylic acids is 3. The van der Waals surface area contributed by atoms with Gasteiger partial charge in [0.25, 0.3) is 0 Å². The number of sulfonamides is 1. The van der Waals surface area contributed by atoms with Gasteiger partial charge in [0.2, 0.25) is 10.0 Å². The largest absolute Gasteiger partial charge is 0.465 e. The lowest BCUT2D eigenvalue weighted by atomic mass is 10.2. The minimum Gasteiger partial charge on any atom is -0.465 e. The summed E-state index contributed by atoms with van der Waals surface area (Å²) < 4.78 is 53.5. The zero-order valence-corrected chi connectivity index (χ0v) is 29.9. The number of carbonyl (C=O) groups is 3. The molecule has 0 bridgehead atoms. The topological polar surface area (TPSA) is 168 Å². The first kappa shape index (κ1) is 41.2. The van der Waals surface area contributed by atoms with Gasteiger partial charge in [0.05, 0.1) is 64.5 Å². The molecule has 2 saturated heterocycles. The molecule has 0 saturated carbocycles. The van der Waals surface area contributed by atoms with Crippen LogP contribution in [0.25, 0.3) is 0 Å². The molecule has 0 radical (unpaired) electrons. The van der Waals surface area contributed by atoms with Crippen LogP contribution in [-0.2, 0) is 48.1 Å². The molecule has 2 heterocycles. The highest BCUT2D eigenvalue weighted by Crippen LogP contribution is 2.23. The van der Waals surface area contributed by atoms with E-state index in [2.05, 4.69) is 0 Å². The van der Waals surface area contributed by atoms with E-state index in [0.29, 0.717) is 52.4 Å². The van der Waals surface area contributed by atoms with E-state index >= 15 is 0 Å². The van der Waals surface area contributed by atoms with Gasteiger partial charge in [-0.25, -0.2) is 8.42 Å². The molecule has 2 aliphatic heterocycles. The molecule has 2 aliphatic rings. The third kappa shape index (κ3) is 16.8. The first-order valence-electron chi connectivity index (χ1n) is 16.4. The quantitative estimate of drug-likeness (QED) is 0.149. The average Bonchev–Trinajstić information content (AvgIpc) is 3.31. The van der Waals surface area contributed by atoms with Gasteiger partial charge in [-0.2, -0.15) is 4.31 Å². The third-order valence-electron chi connectivity index (χ3n) is 7.73. The highest BCUT2D eigenvalue weighted by Gasteiger charge is 2.36. The number of rotatable bonds is 16. The maximum Gasteiger partial charge on any atom is 0.320 e. The first-order valence-corrected chi connectivity index (χ1v) is 18.3. The maximum atomic E-state index is 12.7. The first-order chi connectivity index (χ1) is 22.1. The van der Waals surface area contributed by atoms with Crippen molar-refractivity contribution in [1.82, 2.24) is 23.9 Å². The van der Waals surface area contributed by atoms with Gasteiger partial charge >= 0.3 is 17.9 Å². The molecule has 2 fully saturated rings. The Hall–Kier alpha value is -1.96. The highest BCUT2D eigenvalue weighted by molar-refractivity contribution is 7.88. The molecular formula is C30H57N5O11S. The fraction of sp³-hybridized carbons (Fsp3) is 0.900. The van der Waals surface area contributed by atoms with Crippen LogP contribution in [0.3, 0.4) is 0 Å². The summed E-state index contributed by atoms with van der Waals surface area (Å²) in [6.07, 6.45) is -0.405. The average molecular weight is 696 g/mol. The van der Waals surface area contributed by atoms with Crippen LogP contribution in [0.5, 0.6) is 0 Å². The summed E-state index contributed by atoms with van der Waals surface area (Å²) in [5.74, 6) is -1.90. The molecule has 0 amide bonds. The Labute approximate surface area is 280 Å². The van der Waals surface area contributed by atoms with Gasteiger partial charge in [0, 0.05) is 72.0 Å². The molecule has 2 rings (SSSR count). The Balaban J connectivity index is 2.22. The molecule has 0 aromatic heterocycles. The van der Waals surface area contributed by atoms with Crippen molar-refractivity contribution >= 4 is 27.9 Å². The zero-order chi connectivity index (χ0) is 35.0. The van der Waals surface area contributed by atoms with E-state index in [9.17, 15) is 27.9 Å². The molecule has 0 aromatic rings. The molecule has 17 heteroatoms. The number of aliphatic hydroxyl groups excluding tert-OH is 1. The van der Waals surface area contributed by atoms with E-state index in [4.69, 9.17) is 23.7 Å². The van der Waals surface area contributed by atoms with Crippen LogP contribution in [0.15, 0.2) is 0 Å². The van der Waals surface area contributed by atoms with Crippen molar-refractivity contribution in [2.75, 3.05) is 124 Å². The van der Waals surface area contributed by atoms with Crippen molar-refractivity contribution in [3.05, 3.63) is 0 Å². The predicted molar refractivity (Wildman–Crippen MR) is 173 cm³/mol. The van der Waals surface area contributed by atoms with Crippen LogP contribution >= 0.6 is 0 Å². The van der Waals surface area contributed by atoms with Gasteiger partial charge in [-0.05, 0) is 34.6 Å². The van der Waals surface area contributed by atoms with Gasteiger partial charge in [-0.1, -0.05) is 0 Å². The molecule has 16 nitrogen and oxygen atoms in total. The summed E-state index contributed by atoms with van der Waals surface area (Å²) in [4.78, 5) is 45.1. The Kier molecular flexibility index (Phi) is 18.0. The summed E-state index contributed by atoms with van der Waals surface area (Å²) in [5.41, 5.74) is 0. The van der Waals surface area contributed by atoms with E-state index in [0.717, 1.165) is 6.26 Å². The minimum atomic E-state index is -3.67. The van der Waals surface area contributed by atoms with Crippen LogP contribution in [0.2, 0.25) is 0 Å². The molecule has 2 atom stereocenters. The lowest BCUT2D eigenvalue weighted by Crippen LogP contribution is -2.51. The number of β-amino-alcohol motifs (C(OH)–C–C–N with tert-alkyl or cyclic N) is 1. The molecule has 0 aromatic carbocycles. The Morgan fingerprint density at radius 2 is 1.17 bits per heavy atom. The minimum absolute atomic E-state index is 0.0439. The number of aliphatic hydroxyl groups is 1. The van der Waals surface area contributed by atoms with Crippen molar-refractivity contribution in [2.45, 2.75) is 52.6 Å². The van der Waals surface area contributed by atoms with Gasteiger partial charge in [0.15, 0.2) is 5.79 Å². The Bertz CT molecular complexity index is 1040. The molecule has 0 aliphatic carbocycles. The summed E-state index contributed by atoms with van der Waals surface area (Å²) >= 11 is 0. The number of hydrogen-bond donors (Lipinski definition) is 1.